The lowest BCUT2D eigenvalue weighted by atomic mass is 10.2. The molecule has 0 spiro atoms. The number of amides is 2. The molecule has 2 rings (SSSR count). The minimum Gasteiger partial charge on any atom is -0.268 e. The van der Waals surface area contributed by atoms with Crippen molar-refractivity contribution in [3.8, 4) is 0 Å². The fourth-order valence-corrected chi connectivity index (χ4v) is 1.70. The predicted molar refractivity (Wildman–Crippen MR) is 84.2 cm³/mol. The second kappa shape index (κ2) is 7.51. The Labute approximate surface area is 131 Å². The molecule has 0 heterocycles. The van der Waals surface area contributed by atoms with E-state index in [1.165, 1.54) is 36.4 Å². The maximum absolute atomic E-state index is 11.7. The zero-order valence-corrected chi connectivity index (χ0v) is 11.9. The van der Waals surface area contributed by atoms with Gasteiger partial charge in [0.25, 0.3) is 17.5 Å². The summed E-state index contributed by atoms with van der Waals surface area (Å²) in [6, 6.07) is 14.2. The van der Waals surface area contributed by atoms with Gasteiger partial charge in [-0.1, -0.05) is 18.2 Å². The molecule has 2 aromatic rings. The second-order valence-electron chi connectivity index (χ2n) is 4.49. The number of rotatable bonds is 4. The van der Waals surface area contributed by atoms with Crippen LogP contribution in [0, 0.1) is 10.1 Å². The van der Waals surface area contributed by atoms with Gasteiger partial charge in [-0.2, -0.15) is 0 Å². The van der Waals surface area contributed by atoms with Crippen LogP contribution in [0.15, 0.2) is 60.7 Å². The van der Waals surface area contributed by atoms with Crippen LogP contribution in [-0.4, -0.2) is 16.7 Å². The Bertz CT molecular complexity index is 740. The van der Waals surface area contributed by atoms with Gasteiger partial charge in [0.2, 0.25) is 0 Å². The highest BCUT2D eigenvalue weighted by molar-refractivity contribution is 5.97. The maximum Gasteiger partial charge on any atom is 0.269 e. The number of nitrogens with zero attached hydrogens (tertiary/aromatic N) is 1. The summed E-state index contributed by atoms with van der Waals surface area (Å²) in [7, 11) is 0. The molecule has 2 aromatic carbocycles. The lowest BCUT2D eigenvalue weighted by Crippen LogP contribution is -2.40. The van der Waals surface area contributed by atoms with Crippen molar-refractivity contribution in [2.45, 2.75) is 0 Å². The van der Waals surface area contributed by atoms with E-state index in [0.29, 0.717) is 11.1 Å². The van der Waals surface area contributed by atoms with Gasteiger partial charge in [0.1, 0.15) is 0 Å². The van der Waals surface area contributed by atoms with E-state index in [9.17, 15) is 19.7 Å². The van der Waals surface area contributed by atoms with Gasteiger partial charge < -0.3 is 0 Å². The smallest absolute Gasteiger partial charge is 0.268 e. The van der Waals surface area contributed by atoms with Crippen LogP contribution in [0.5, 0.6) is 0 Å². The normalized spacial score (nSPS) is 10.3. The Balaban J connectivity index is 1.87. The molecule has 23 heavy (non-hydrogen) atoms. The Kier molecular flexibility index (Phi) is 5.19. The summed E-state index contributed by atoms with van der Waals surface area (Å²) < 4.78 is 0. The SMILES string of the molecule is O=C(/C=C/c1ccc([N+](=O)[O-])cc1)NNC(=O)c1ccccc1. The van der Waals surface area contributed by atoms with Crippen molar-refractivity contribution in [2.24, 2.45) is 0 Å². The van der Waals surface area contributed by atoms with Crippen molar-refractivity contribution in [2.75, 3.05) is 0 Å². The number of benzene rings is 2. The van der Waals surface area contributed by atoms with Crippen LogP contribution in [0.4, 0.5) is 5.69 Å². The number of nitro groups is 1. The summed E-state index contributed by atoms with van der Waals surface area (Å²) in [6.07, 6.45) is 2.69. The average Bonchev–Trinajstić information content (AvgIpc) is 2.59. The monoisotopic (exact) mass is 311 g/mol. The van der Waals surface area contributed by atoms with Crippen LogP contribution < -0.4 is 10.9 Å². The van der Waals surface area contributed by atoms with E-state index in [2.05, 4.69) is 10.9 Å². The molecule has 0 fully saturated rings. The number of hydrazine groups is 1. The molecule has 0 atom stereocenters. The number of hydrogen-bond donors (Lipinski definition) is 2. The maximum atomic E-state index is 11.7. The van der Waals surface area contributed by atoms with Gasteiger partial charge >= 0.3 is 0 Å². The Morgan fingerprint density at radius 3 is 2.22 bits per heavy atom. The third kappa shape index (κ3) is 4.78. The molecule has 0 saturated heterocycles. The van der Waals surface area contributed by atoms with Crippen molar-refractivity contribution in [3.63, 3.8) is 0 Å². The van der Waals surface area contributed by atoms with Crippen LogP contribution in [0.2, 0.25) is 0 Å². The first kappa shape index (κ1) is 15.9. The number of hydrogen-bond acceptors (Lipinski definition) is 4. The van der Waals surface area contributed by atoms with Crippen molar-refractivity contribution in [1.29, 1.82) is 0 Å². The molecule has 0 aliphatic heterocycles. The second-order valence-corrected chi connectivity index (χ2v) is 4.49. The topological polar surface area (TPSA) is 101 Å². The Morgan fingerprint density at radius 1 is 0.957 bits per heavy atom. The quantitative estimate of drug-likeness (QED) is 0.512. The molecule has 116 valence electrons. The third-order valence-corrected chi connectivity index (χ3v) is 2.87. The van der Waals surface area contributed by atoms with E-state index in [0.717, 1.165) is 0 Å². The first-order chi connectivity index (χ1) is 11.1. The van der Waals surface area contributed by atoms with Crippen LogP contribution in [0.3, 0.4) is 0 Å². The van der Waals surface area contributed by atoms with E-state index < -0.39 is 16.7 Å². The lowest BCUT2D eigenvalue weighted by Gasteiger charge is -2.04. The van der Waals surface area contributed by atoms with Crippen LogP contribution in [0.25, 0.3) is 6.08 Å². The molecule has 0 aliphatic carbocycles. The number of nitro benzene ring substituents is 1. The average molecular weight is 311 g/mol. The molecule has 0 saturated carbocycles. The zero-order valence-electron chi connectivity index (χ0n) is 11.9. The first-order valence-electron chi connectivity index (χ1n) is 6.64. The largest absolute Gasteiger partial charge is 0.269 e. The van der Waals surface area contributed by atoms with Gasteiger partial charge in [-0.25, -0.2) is 0 Å². The molecule has 0 radical (unpaired) electrons. The fourth-order valence-electron chi connectivity index (χ4n) is 1.70. The predicted octanol–water partition coefficient (Wildman–Crippen LogP) is 2.07. The van der Waals surface area contributed by atoms with Crippen molar-refractivity contribution < 1.29 is 14.5 Å². The fraction of sp³-hybridized carbons (Fsp3) is 0. The van der Waals surface area contributed by atoms with E-state index in [4.69, 9.17) is 0 Å². The number of non-ortho nitro benzene ring substituents is 1. The molecule has 0 unspecified atom stereocenters. The number of carbonyl (C=O) groups is 2. The molecule has 0 aliphatic rings. The zero-order chi connectivity index (χ0) is 16.7. The molecule has 0 aromatic heterocycles. The minimum absolute atomic E-state index is 0.0262. The van der Waals surface area contributed by atoms with Gasteiger partial charge in [0.05, 0.1) is 4.92 Å². The molecular weight excluding hydrogens is 298 g/mol. The molecule has 7 nitrogen and oxygen atoms in total. The van der Waals surface area contributed by atoms with Crippen molar-refractivity contribution >= 4 is 23.6 Å². The third-order valence-electron chi connectivity index (χ3n) is 2.87. The van der Waals surface area contributed by atoms with Crippen LogP contribution in [0.1, 0.15) is 15.9 Å². The number of carbonyl (C=O) groups excluding carboxylic acids is 2. The first-order valence-corrected chi connectivity index (χ1v) is 6.64. The summed E-state index contributed by atoms with van der Waals surface area (Å²) in [5.41, 5.74) is 5.55. The molecule has 2 amide bonds. The Hall–Kier alpha value is -3.48. The highest BCUT2D eigenvalue weighted by Crippen LogP contribution is 2.12. The lowest BCUT2D eigenvalue weighted by molar-refractivity contribution is -0.384. The molecular formula is C16H13N3O4. The summed E-state index contributed by atoms with van der Waals surface area (Å²) in [5, 5.41) is 10.5. The van der Waals surface area contributed by atoms with E-state index in [1.807, 2.05) is 0 Å². The molecule has 0 bridgehead atoms. The number of nitrogens with one attached hydrogen (secondary N) is 2. The van der Waals surface area contributed by atoms with Crippen LogP contribution >= 0.6 is 0 Å². The summed E-state index contributed by atoms with van der Waals surface area (Å²) in [5.74, 6) is -0.949. The van der Waals surface area contributed by atoms with E-state index in [1.54, 1.807) is 30.3 Å². The van der Waals surface area contributed by atoms with Gasteiger partial charge in [-0.15, -0.1) is 0 Å². The highest BCUT2D eigenvalue weighted by atomic mass is 16.6. The molecule has 7 heteroatoms. The standard InChI is InChI=1S/C16H13N3O4/c20-15(17-18-16(21)13-4-2-1-3-5-13)11-8-12-6-9-14(10-7-12)19(22)23/h1-11H,(H,17,20)(H,18,21)/b11-8+. The Morgan fingerprint density at radius 2 is 1.61 bits per heavy atom. The van der Waals surface area contributed by atoms with E-state index in [-0.39, 0.29) is 5.69 Å². The summed E-state index contributed by atoms with van der Waals surface area (Å²) in [4.78, 5) is 33.3. The molecule has 2 N–H and O–H groups in total. The van der Waals surface area contributed by atoms with Crippen molar-refractivity contribution in [1.82, 2.24) is 10.9 Å². The summed E-state index contributed by atoms with van der Waals surface area (Å²) in [6.45, 7) is 0. The van der Waals surface area contributed by atoms with Crippen LogP contribution in [-0.2, 0) is 4.79 Å². The van der Waals surface area contributed by atoms with Gasteiger partial charge in [-0.3, -0.25) is 30.6 Å². The summed E-state index contributed by atoms with van der Waals surface area (Å²) >= 11 is 0. The highest BCUT2D eigenvalue weighted by Gasteiger charge is 2.05. The van der Waals surface area contributed by atoms with E-state index >= 15 is 0 Å². The van der Waals surface area contributed by atoms with Crippen molar-refractivity contribution in [3.05, 3.63) is 81.9 Å². The van der Waals surface area contributed by atoms with Gasteiger partial charge in [0, 0.05) is 23.8 Å². The van der Waals surface area contributed by atoms with Gasteiger partial charge in [-0.05, 0) is 35.9 Å². The van der Waals surface area contributed by atoms with Gasteiger partial charge in [0.15, 0.2) is 0 Å². The minimum atomic E-state index is -0.521.